The van der Waals surface area contributed by atoms with Gasteiger partial charge in [0.05, 0.1) is 28.1 Å². The molecule has 0 spiro atoms. The van der Waals surface area contributed by atoms with E-state index in [-0.39, 0.29) is 0 Å². The van der Waals surface area contributed by atoms with Crippen LogP contribution in [0.5, 0.6) is 0 Å². The number of hydrogen-bond acceptors (Lipinski definition) is 5. The minimum absolute atomic E-state index is 0.560. The molecule has 2 aromatic heterocycles. The summed E-state index contributed by atoms with van der Waals surface area (Å²) in [6.07, 6.45) is 0. The Labute approximate surface area is 391 Å². The molecular formula is C61H48N6. The first-order chi connectivity index (χ1) is 32.9. The number of aromatic nitrogens is 4. The monoisotopic (exact) mass is 864 g/mol. The summed E-state index contributed by atoms with van der Waals surface area (Å²) in [4.78, 5) is 20.6. The van der Waals surface area contributed by atoms with Gasteiger partial charge in [-0.1, -0.05) is 168 Å². The Bertz CT molecular complexity index is 3210. The smallest absolute Gasteiger partial charge is 0.164 e. The maximum Gasteiger partial charge on any atom is 0.164 e. The van der Waals surface area contributed by atoms with Crippen LogP contribution in [0.4, 0.5) is 34.1 Å². The van der Waals surface area contributed by atoms with Crippen LogP contribution in [0.1, 0.15) is 22.3 Å². The van der Waals surface area contributed by atoms with Crippen LogP contribution in [0.2, 0.25) is 0 Å². The molecule has 2 heterocycles. The maximum absolute atomic E-state index is 5.36. The molecule has 6 nitrogen and oxygen atoms in total. The van der Waals surface area contributed by atoms with Crippen molar-refractivity contribution in [3.05, 3.63) is 241 Å². The zero-order valence-corrected chi connectivity index (χ0v) is 38.0. The molecule has 11 rings (SSSR count). The lowest BCUT2D eigenvalue weighted by atomic mass is 10.0. The Morgan fingerprint density at radius 2 is 0.612 bits per heavy atom. The van der Waals surface area contributed by atoms with E-state index < -0.39 is 0 Å². The predicted molar refractivity (Wildman–Crippen MR) is 279 cm³/mol. The van der Waals surface area contributed by atoms with Crippen molar-refractivity contribution in [2.45, 2.75) is 27.7 Å². The third-order valence-electron chi connectivity index (χ3n) is 12.5. The molecule has 0 amide bonds. The van der Waals surface area contributed by atoms with Gasteiger partial charge in [-0.05, 0) is 100 Å². The summed E-state index contributed by atoms with van der Waals surface area (Å²) in [6.45, 7) is 8.55. The number of para-hydroxylation sites is 2. The van der Waals surface area contributed by atoms with E-state index in [1.165, 1.54) is 33.0 Å². The Morgan fingerprint density at radius 3 is 0.955 bits per heavy atom. The van der Waals surface area contributed by atoms with Gasteiger partial charge in [-0.2, -0.15) is 0 Å². The lowest BCUT2D eigenvalue weighted by Gasteiger charge is -2.34. The standard InChI is InChI=1S/C61H48N6/c1-41-23-31-48(32-24-41)65(49-33-25-42(2)26-34-49)56-39-47(61-63-59(45-15-7-5-8-16-45)62-60(64-61)46-17-9-6-10-18-46)40-57(66(50-35-27-43(3)28-36-50)51-37-29-44(4)30-38-51)58(56)67-54-21-13-11-19-52(54)53-20-12-14-22-55(53)67/h5-40H,1-4H3. The average molecular weight is 865 g/mol. The van der Waals surface area contributed by atoms with Gasteiger partial charge in [-0.25, -0.2) is 15.0 Å². The first-order valence-electron chi connectivity index (χ1n) is 22.8. The highest BCUT2D eigenvalue weighted by Crippen LogP contribution is 2.50. The number of benzene rings is 9. The highest BCUT2D eigenvalue weighted by molar-refractivity contribution is 6.11. The van der Waals surface area contributed by atoms with E-state index in [0.29, 0.717) is 17.5 Å². The van der Waals surface area contributed by atoms with Crippen LogP contribution in [0, 0.1) is 27.7 Å². The fourth-order valence-electron chi connectivity index (χ4n) is 9.03. The molecule has 0 aliphatic rings. The number of rotatable bonds is 10. The summed E-state index contributed by atoms with van der Waals surface area (Å²) in [6, 6.07) is 77.7. The minimum atomic E-state index is 0.560. The maximum atomic E-state index is 5.36. The Hall–Kier alpha value is -8.61. The second kappa shape index (κ2) is 17.4. The number of anilines is 6. The fourth-order valence-corrected chi connectivity index (χ4v) is 9.03. The summed E-state index contributed by atoms with van der Waals surface area (Å²) in [5.74, 6) is 1.76. The summed E-state index contributed by atoms with van der Waals surface area (Å²) >= 11 is 0. The molecule has 0 fully saturated rings. The molecule has 322 valence electrons. The van der Waals surface area contributed by atoms with Crippen LogP contribution in [0.25, 0.3) is 61.7 Å². The third kappa shape index (κ3) is 7.89. The molecule has 67 heavy (non-hydrogen) atoms. The van der Waals surface area contributed by atoms with Crippen molar-refractivity contribution in [3.8, 4) is 39.9 Å². The SMILES string of the molecule is Cc1ccc(N(c2ccc(C)cc2)c2cc(-c3nc(-c4ccccc4)nc(-c4ccccc4)n3)cc(N(c3ccc(C)cc3)c3ccc(C)cc3)c2-n2c3ccccc3c3ccccc32)cc1. The molecule has 0 saturated heterocycles. The van der Waals surface area contributed by atoms with Crippen molar-refractivity contribution < 1.29 is 0 Å². The van der Waals surface area contributed by atoms with Gasteiger partial charge in [0, 0.05) is 50.2 Å². The molecule has 0 radical (unpaired) electrons. The van der Waals surface area contributed by atoms with Crippen molar-refractivity contribution in [2.24, 2.45) is 0 Å². The van der Waals surface area contributed by atoms with Crippen LogP contribution in [-0.2, 0) is 0 Å². The molecule has 0 saturated carbocycles. The van der Waals surface area contributed by atoms with Gasteiger partial charge >= 0.3 is 0 Å². The van der Waals surface area contributed by atoms with Crippen LogP contribution >= 0.6 is 0 Å². The largest absolute Gasteiger partial charge is 0.308 e. The molecule has 0 aliphatic carbocycles. The summed E-state index contributed by atoms with van der Waals surface area (Å²) < 4.78 is 2.46. The van der Waals surface area contributed by atoms with Crippen LogP contribution in [-0.4, -0.2) is 19.5 Å². The van der Waals surface area contributed by atoms with E-state index in [0.717, 1.165) is 67.5 Å². The topological polar surface area (TPSA) is 50.1 Å². The molecule has 11 aromatic rings. The highest BCUT2D eigenvalue weighted by atomic mass is 15.2. The minimum Gasteiger partial charge on any atom is -0.308 e. The molecule has 0 bridgehead atoms. The normalized spacial score (nSPS) is 11.3. The van der Waals surface area contributed by atoms with Gasteiger partial charge < -0.3 is 14.4 Å². The van der Waals surface area contributed by atoms with Gasteiger partial charge in [-0.3, -0.25) is 0 Å². The molecule has 0 N–H and O–H groups in total. The van der Waals surface area contributed by atoms with Gasteiger partial charge in [0.25, 0.3) is 0 Å². The summed E-state index contributed by atoms with van der Waals surface area (Å²) in [5.41, 5.74) is 16.5. The van der Waals surface area contributed by atoms with E-state index in [2.05, 4.69) is 224 Å². The van der Waals surface area contributed by atoms with E-state index in [1.54, 1.807) is 0 Å². The molecule has 6 heteroatoms. The quantitative estimate of drug-likeness (QED) is 0.137. The number of nitrogens with zero attached hydrogens (tertiary/aromatic N) is 6. The zero-order valence-electron chi connectivity index (χ0n) is 38.0. The summed E-state index contributed by atoms with van der Waals surface area (Å²) in [5, 5.41) is 2.34. The number of aryl methyl sites for hydroxylation is 4. The fraction of sp³-hybridized carbons (Fsp3) is 0.0656. The van der Waals surface area contributed by atoms with Gasteiger partial charge in [0.15, 0.2) is 17.5 Å². The summed E-state index contributed by atoms with van der Waals surface area (Å²) in [7, 11) is 0. The Morgan fingerprint density at radius 1 is 0.313 bits per heavy atom. The van der Waals surface area contributed by atoms with Crippen LogP contribution in [0.15, 0.2) is 218 Å². The zero-order chi connectivity index (χ0) is 45.4. The lowest BCUT2D eigenvalue weighted by Crippen LogP contribution is -2.18. The van der Waals surface area contributed by atoms with E-state index in [1.807, 2.05) is 36.4 Å². The molecular weight excluding hydrogens is 817 g/mol. The van der Waals surface area contributed by atoms with E-state index in [9.17, 15) is 0 Å². The van der Waals surface area contributed by atoms with E-state index >= 15 is 0 Å². The van der Waals surface area contributed by atoms with Gasteiger partial charge in [0.2, 0.25) is 0 Å². The van der Waals surface area contributed by atoms with Crippen molar-refractivity contribution in [1.82, 2.24) is 19.5 Å². The molecule has 9 aromatic carbocycles. The average Bonchev–Trinajstić information content (AvgIpc) is 3.70. The molecule has 0 aliphatic heterocycles. The third-order valence-corrected chi connectivity index (χ3v) is 12.5. The molecule has 0 unspecified atom stereocenters. The first-order valence-corrected chi connectivity index (χ1v) is 22.8. The van der Waals surface area contributed by atoms with Crippen molar-refractivity contribution in [2.75, 3.05) is 9.80 Å². The lowest BCUT2D eigenvalue weighted by molar-refractivity contribution is 1.07. The van der Waals surface area contributed by atoms with Gasteiger partial charge in [0.1, 0.15) is 0 Å². The Balaban J connectivity index is 1.34. The highest BCUT2D eigenvalue weighted by Gasteiger charge is 2.29. The second-order valence-corrected chi connectivity index (χ2v) is 17.3. The van der Waals surface area contributed by atoms with Crippen molar-refractivity contribution in [1.29, 1.82) is 0 Å². The van der Waals surface area contributed by atoms with Crippen molar-refractivity contribution in [3.63, 3.8) is 0 Å². The van der Waals surface area contributed by atoms with Crippen LogP contribution in [0.3, 0.4) is 0 Å². The number of hydrogen-bond donors (Lipinski definition) is 0. The first kappa shape index (κ1) is 41.1. The Kier molecular flexibility index (Phi) is 10.7. The number of fused-ring (bicyclic) bond motifs is 3. The van der Waals surface area contributed by atoms with E-state index in [4.69, 9.17) is 15.0 Å². The van der Waals surface area contributed by atoms with Crippen LogP contribution < -0.4 is 9.80 Å². The predicted octanol–water partition coefficient (Wildman–Crippen LogP) is 16.1. The molecule has 0 atom stereocenters. The van der Waals surface area contributed by atoms with Crippen molar-refractivity contribution >= 4 is 55.9 Å². The second-order valence-electron chi connectivity index (χ2n) is 17.3. The van der Waals surface area contributed by atoms with Gasteiger partial charge in [-0.15, -0.1) is 0 Å².